The molecule has 0 bridgehead atoms. The second-order valence-corrected chi connectivity index (χ2v) is 0.961. The molecule has 1 aliphatic rings. The van der Waals surface area contributed by atoms with Crippen molar-refractivity contribution in [1.29, 1.82) is 0 Å². The van der Waals surface area contributed by atoms with Crippen molar-refractivity contribution < 1.29 is 4.87 Å². The molecule has 1 N–H and O–H groups in total. The highest BCUT2D eigenvalue weighted by molar-refractivity contribution is 5.52. The van der Waals surface area contributed by atoms with Crippen molar-refractivity contribution in [3.8, 4) is 0 Å². The van der Waals surface area contributed by atoms with Crippen molar-refractivity contribution in [3.05, 3.63) is 4.91 Å². The van der Waals surface area contributed by atoms with Crippen molar-refractivity contribution in [2.24, 2.45) is 4.99 Å². The molecule has 0 aromatic carbocycles. The van der Waals surface area contributed by atoms with Crippen molar-refractivity contribution >= 4 is 6.34 Å². The fourth-order valence-corrected chi connectivity index (χ4v) is 0.261. The van der Waals surface area contributed by atoms with Gasteiger partial charge in [0, 0.05) is 0 Å². The SMILES string of the molecule is O=[N+]1CN=CN1. The molecule has 0 fully saturated rings. The number of nitrogens with one attached hydrogen (secondary N) is 1. The lowest BCUT2D eigenvalue weighted by Gasteiger charge is -1.67. The first-order valence-corrected chi connectivity index (χ1v) is 1.59. The topological polar surface area (TPSA) is 44.5 Å². The summed E-state index contributed by atoms with van der Waals surface area (Å²) in [6.45, 7) is 0.222. The Kier molecular flexibility index (Phi) is 0.567. The number of rotatable bonds is 0. The van der Waals surface area contributed by atoms with Crippen LogP contribution >= 0.6 is 0 Å². The minimum Gasteiger partial charge on any atom is -0.198 e. The van der Waals surface area contributed by atoms with Gasteiger partial charge in [-0.2, -0.15) is 4.99 Å². The molecule has 0 aromatic rings. The van der Waals surface area contributed by atoms with E-state index in [0.717, 1.165) is 0 Å². The van der Waals surface area contributed by atoms with E-state index in [1.54, 1.807) is 0 Å². The lowest BCUT2D eigenvalue weighted by Crippen LogP contribution is -2.16. The largest absolute Gasteiger partial charge is 0.318 e. The molecule has 6 heavy (non-hydrogen) atoms. The number of aliphatic imine (C=N–C) groups is 1. The van der Waals surface area contributed by atoms with Gasteiger partial charge in [0.05, 0.1) is 4.91 Å². The van der Waals surface area contributed by atoms with Crippen LogP contribution in [-0.4, -0.2) is 17.9 Å². The number of hydrazine groups is 1. The summed E-state index contributed by atoms with van der Waals surface area (Å²) in [5.74, 6) is 0. The lowest BCUT2D eigenvalue weighted by molar-refractivity contribution is -0.579. The molecule has 0 saturated heterocycles. The Morgan fingerprint density at radius 3 is 3.00 bits per heavy atom. The number of hydrogen-bond donors (Lipinski definition) is 1. The molecule has 0 atom stereocenters. The Labute approximate surface area is 34.4 Å². The van der Waals surface area contributed by atoms with Gasteiger partial charge < -0.3 is 0 Å². The molecular formula is C2H4N3O+. The Morgan fingerprint density at radius 2 is 2.83 bits per heavy atom. The molecule has 4 nitrogen and oxygen atoms in total. The van der Waals surface area contributed by atoms with E-state index in [1.807, 2.05) is 0 Å². The van der Waals surface area contributed by atoms with Crippen molar-refractivity contribution in [2.75, 3.05) is 6.67 Å². The fraction of sp³-hybridized carbons (Fsp3) is 0.500. The second-order valence-electron chi connectivity index (χ2n) is 0.961. The maximum absolute atomic E-state index is 9.92. The zero-order chi connectivity index (χ0) is 4.41. The molecule has 0 spiro atoms. The standard InChI is InChI=1S/C2H4N3O/c6-5-2-3-1-4-5/h1H,2H2,(H,3,4,6)/q+1. The van der Waals surface area contributed by atoms with Crippen molar-refractivity contribution in [3.63, 3.8) is 0 Å². The Hall–Kier alpha value is -0.930. The summed E-state index contributed by atoms with van der Waals surface area (Å²) in [6.07, 6.45) is 1.37. The molecule has 1 rings (SSSR count). The van der Waals surface area contributed by atoms with Crippen LogP contribution in [0.2, 0.25) is 0 Å². The van der Waals surface area contributed by atoms with Crippen LogP contribution in [0.4, 0.5) is 0 Å². The van der Waals surface area contributed by atoms with Gasteiger partial charge in [-0.3, -0.25) is 0 Å². The quantitative estimate of drug-likeness (QED) is 0.395. The summed E-state index contributed by atoms with van der Waals surface area (Å²) >= 11 is 0. The van der Waals surface area contributed by atoms with Gasteiger partial charge in [0.25, 0.3) is 0 Å². The average molecular weight is 86.1 g/mol. The number of nitrogens with zero attached hydrogens (tertiary/aromatic N) is 2. The molecule has 4 heteroatoms. The Morgan fingerprint density at radius 1 is 2.00 bits per heavy atom. The maximum Gasteiger partial charge on any atom is 0.318 e. The van der Waals surface area contributed by atoms with Crippen LogP contribution < -0.4 is 5.43 Å². The minimum atomic E-state index is 0.222. The van der Waals surface area contributed by atoms with Crippen LogP contribution in [-0.2, 0) is 0 Å². The summed E-state index contributed by atoms with van der Waals surface area (Å²) in [5.41, 5.74) is 2.31. The van der Waals surface area contributed by atoms with Crippen LogP contribution in [0.15, 0.2) is 4.99 Å². The third kappa shape index (κ3) is 0.357. The first kappa shape index (κ1) is 3.27. The Bertz CT molecular complexity index is 87.0. The summed E-state index contributed by atoms with van der Waals surface area (Å²) < 4.78 is 0. The molecular weight excluding hydrogens is 82.0 g/mol. The molecule has 0 radical (unpaired) electrons. The van der Waals surface area contributed by atoms with E-state index in [2.05, 4.69) is 10.4 Å². The zero-order valence-electron chi connectivity index (χ0n) is 3.09. The predicted molar refractivity (Wildman–Crippen MR) is 20.1 cm³/mol. The van der Waals surface area contributed by atoms with Crippen LogP contribution in [0.5, 0.6) is 0 Å². The zero-order valence-corrected chi connectivity index (χ0v) is 3.09. The minimum absolute atomic E-state index is 0.222. The molecule has 1 aliphatic heterocycles. The van der Waals surface area contributed by atoms with Crippen molar-refractivity contribution in [1.82, 2.24) is 5.43 Å². The van der Waals surface area contributed by atoms with Gasteiger partial charge in [-0.25, -0.2) is 0 Å². The highest BCUT2D eigenvalue weighted by Crippen LogP contribution is 1.72. The summed E-state index contributed by atoms with van der Waals surface area (Å²) in [6, 6.07) is 0. The van der Waals surface area contributed by atoms with Gasteiger partial charge in [0.15, 0.2) is 6.34 Å². The predicted octanol–water partition coefficient (Wildman–Crippen LogP) is -0.731. The average Bonchev–Trinajstić information content (AvgIpc) is 1.86. The Balaban J connectivity index is 2.52. The molecule has 1 heterocycles. The van der Waals surface area contributed by atoms with E-state index in [0.29, 0.717) is 4.87 Å². The summed E-state index contributed by atoms with van der Waals surface area (Å²) in [7, 11) is 0. The molecule has 0 aliphatic carbocycles. The van der Waals surface area contributed by atoms with Crippen LogP contribution in [0, 0.1) is 4.91 Å². The molecule has 0 saturated carbocycles. The first-order valence-electron chi connectivity index (χ1n) is 1.59. The maximum atomic E-state index is 9.92. The fourth-order valence-electron chi connectivity index (χ4n) is 0.261. The third-order valence-electron chi connectivity index (χ3n) is 0.503. The first-order chi connectivity index (χ1) is 2.89. The van der Waals surface area contributed by atoms with Crippen LogP contribution in [0.25, 0.3) is 0 Å². The molecule has 0 unspecified atom stereocenters. The molecule has 0 amide bonds. The van der Waals surface area contributed by atoms with Gasteiger partial charge >= 0.3 is 6.67 Å². The van der Waals surface area contributed by atoms with Gasteiger partial charge in [-0.05, 0) is 0 Å². The van der Waals surface area contributed by atoms with Gasteiger partial charge in [0.2, 0.25) is 0 Å². The third-order valence-corrected chi connectivity index (χ3v) is 0.503. The second kappa shape index (κ2) is 1.04. The normalized spacial score (nSPS) is 18.3. The van der Waals surface area contributed by atoms with E-state index < -0.39 is 0 Å². The van der Waals surface area contributed by atoms with Crippen LogP contribution in [0.3, 0.4) is 0 Å². The summed E-state index contributed by atoms with van der Waals surface area (Å²) in [5, 5.41) is 0. The van der Waals surface area contributed by atoms with Crippen LogP contribution in [0.1, 0.15) is 0 Å². The van der Waals surface area contributed by atoms with Gasteiger partial charge in [0.1, 0.15) is 4.87 Å². The summed E-state index contributed by atoms with van der Waals surface area (Å²) in [4.78, 5) is 14.1. The van der Waals surface area contributed by atoms with E-state index in [-0.39, 0.29) is 6.67 Å². The monoisotopic (exact) mass is 86.0 g/mol. The molecule has 32 valence electrons. The molecule has 0 aromatic heterocycles. The van der Waals surface area contributed by atoms with E-state index in [1.165, 1.54) is 6.34 Å². The highest BCUT2D eigenvalue weighted by atomic mass is 16.3. The number of nitroso groups, excluding NO2 is 1. The van der Waals surface area contributed by atoms with Crippen molar-refractivity contribution in [2.45, 2.75) is 0 Å². The van der Waals surface area contributed by atoms with Gasteiger partial charge in [-0.1, -0.05) is 0 Å². The van der Waals surface area contributed by atoms with E-state index >= 15 is 0 Å². The van der Waals surface area contributed by atoms with Gasteiger partial charge in [-0.15, -0.1) is 5.43 Å². The van der Waals surface area contributed by atoms with E-state index in [4.69, 9.17) is 0 Å². The lowest BCUT2D eigenvalue weighted by atomic mass is 11.2. The van der Waals surface area contributed by atoms with E-state index in [9.17, 15) is 4.91 Å². The highest BCUT2D eigenvalue weighted by Gasteiger charge is 2.06. The number of hydrogen-bond acceptors (Lipinski definition) is 2. The smallest absolute Gasteiger partial charge is 0.198 e.